The summed E-state index contributed by atoms with van der Waals surface area (Å²) in [5.74, 6) is -3.86. The topological polar surface area (TPSA) is 79.2 Å². The van der Waals surface area contributed by atoms with Crippen LogP contribution in [0.2, 0.25) is 0 Å². The summed E-state index contributed by atoms with van der Waals surface area (Å²) in [6.07, 6.45) is 2.87. The molecule has 0 bridgehead atoms. The lowest BCUT2D eigenvalue weighted by Gasteiger charge is -2.20. The van der Waals surface area contributed by atoms with E-state index in [0.717, 1.165) is 5.56 Å². The van der Waals surface area contributed by atoms with Crippen LogP contribution >= 0.6 is 0 Å². The van der Waals surface area contributed by atoms with Crippen molar-refractivity contribution in [3.8, 4) is 0 Å². The molecule has 0 saturated carbocycles. The summed E-state index contributed by atoms with van der Waals surface area (Å²) < 4.78 is 9.76. The van der Waals surface area contributed by atoms with Crippen LogP contribution in [0, 0.1) is 0 Å². The summed E-state index contributed by atoms with van der Waals surface area (Å²) in [6, 6.07) is 9.26. The highest BCUT2D eigenvalue weighted by molar-refractivity contribution is 5.49. The SMILES string of the molecule is OCC1(O)COC(O)(C=Cc2ccccc2)O1. The van der Waals surface area contributed by atoms with Crippen LogP contribution < -0.4 is 0 Å². The minimum atomic E-state index is -2.01. The Morgan fingerprint density at radius 2 is 1.94 bits per heavy atom. The van der Waals surface area contributed by atoms with Crippen LogP contribution in [0.4, 0.5) is 0 Å². The van der Waals surface area contributed by atoms with Gasteiger partial charge in [-0.2, -0.15) is 0 Å². The van der Waals surface area contributed by atoms with Crippen LogP contribution in [-0.2, 0) is 9.47 Å². The van der Waals surface area contributed by atoms with Crippen molar-refractivity contribution >= 4 is 6.08 Å². The van der Waals surface area contributed by atoms with E-state index in [-0.39, 0.29) is 6.61 Å². The predicted octanol–water partition coefficient (Wildman–Crippen LogP) is 0.0736. The van der Waals surface area contributed by atoms with Gasteiger partial charge in [-0.3, -0.25) is 4.74 Å². The summed E-state index contributed by atoms with van der Waals surface area (Å²) >= 11 is 0. The van der Waals surface area contributed by atoms with Gasteiger partial charge in [0.15, 0.2) is 0 Å². The second kappa shape index (κ2) is 4.56. The van der Waals surface area contributed by atoms with Crippen LogP contribution in [0.25, 0.3) is 6.08 Å². The van der Waals surface area contributed by atoms with Crippen LogP contribution in [0.1, 0.15) is 5.56 Å². The molecule has 2 atom stereocenters. The number of benzene rings is 1. The van der Waals surface area contributed by atoms with Gasteiger partial charge in [-0.1, -0.05) is 36.4 Å². The molecule has 5 nitrogen and oxygen atoms in total. The molecule has 1 heterocycles. The molecule has 2 unspecified atom stereocenters. The molecule has 1 aliphatic rings. The number of hydrogen-bond donors (Lipinski definition) is 3. The molecule has 17 heavy (non-hydrogen) atoms. The van der Waals surface area contributed by atoms with Crippen molar-refractivity contribution in [1.82, 2.24) is 0 Å². The molecule has 92 valence electrons. The number of hydrogen-bond acceptors (Lipinski definition) is 5. The molecule has 3 N–H and O–H groups in total. The second-order valence-electron chi connectivity index (χ2n) is 3.87. The van der Waals surface area contributed by atoms with E-state index in [1.807, 2.05) is 30.3 Å². The molecular formula is C12H14O5. The zero-order valence-corrected chi connectivity index (χ0v) is 9.11. The summed E-state index contributed by atoms with van der Waals surface area (Å²) in [7, 11) is 0. The van der Waals surface area contributed by atoms with Crippen LogP contribution in [0.3, 0.4) is 0 Å². The molecule has 0 radical (unpaired) electrons. The molecule has 2 rings (SSSR count). The maximum absolute atomic E-state index is 9.82. The molecule has 0 aromatic heterocycles. The van der Waals surface area contributed by atoms with E-state index in [9.17, 15) is 10.2 Å². The minimum Gasteiger partial charge on any atom is -0.391 e. The molecule has 5 heteroatoms. The van der Waals surface area contributed by atoms with Crippen molar-refractivity contribution in [3.63, 3.8) is 0 Å². The van der Waals surface area contributed by atoms with Gasteiger partial charge >= 0.3 is 5.97 Å². The first-order valence-corrected chi connectivity index (χ1v) is 5.19. The lowest BCUT2D eigenvalue weighted by atomic mass is 10.2. The Hall–Kier alpha value is -1.24. The quantitative estimate of drug-likeness (QED) is 0.694. The molecule has 1 fully saturated rings. The predicted molar refractivity (Wildman–Crippen MR) is 59.5 cm³/mol. The van der Waals surface area contributed by atoms with E-state index in [1.165, 1.54) is 6.08 Å². The van der Waals surface area contributed by atoms with Gasteiger partial charge < -0.3 is 20.1 Å². The van der Waals surface area contributed by atoms with Gasteiger partial charge in [0.2, 0.25) is 5.79 Å². The average molecular weight is 238 g/mol. The number of rotatable bonds is 3. The first-order valence-electron chi connectivity index (χ1n) is 5.19. The number of ether oxygens (including phenoxy) is 2. The lowest BCUT2D eigenvalue weighted by molar-refractivity contribution is -0.322. The monoisotopic (exact) mass is 238 g/mol. The molecule has 0 amide bonds. The third kappa shape index (κ3) is 2.91. The highest BCUT2D eigenvalue weighted by Gasteiger charge is 2.47. The van der Waals surface area contributed by atoms with Gasteiger partial charge in [0.05, 0.1) is 6.61 Å². The van der Waals surface area contributed by atoms with Crippen molar-refractivity contribution in [2.75, 3.05) is 13.2 Å². The van der Waals surface area contributed by atoms with Crippen molar-refractivity contribution in [2.24, 2.45) is 0 Å². The first kappa shape index (κ1) is 12.2. The van der Waals surface area contributed by atoms with E-state index in [2.05, 4.69) is 0 Å². The molecule has 0 spiro atoms. The second-order valence-corrected chi connectivity index (χ2v) is 3.87. The smallest absolute Gasteiger partial charge is 0.305 e. The van der Waals surface area contributed by atoms with Gasteiger partial charge in [0.25, 0.3) is 0 Å². The molecule has 1 saturated heterocycles. The van der Waals surface area contributed by atoms with Gasteiger partial charge in [0, 0.05) is 6.08 Å². The molecular weight excluding hydrogens is 224 g/mol. The Bertz CT molecular complexity index is 405. The van der Waals surface area contributed by atoms with Gasteiger partial charge in [-0.25, -0.2) is 0 Å². The van der Waals surface area contributed by atoms with Crippen molar-refractivity contribution in [2.45, 2.75) is 11.8 Å². The van der Waals surface area contributed by atoms with E-state index in [4.69, 9.17) is 14.6 Å². The maximum atomic E-state index is 9.82. The summed E-state index contributed by atoms with van der Waals surface area (Å²) in [4.78, 5) is 0. The fourth-order valence-corrected chi connectivity index (χ4v) is 1.47. The summed E-state index contributed by atoms with van der Waals surface area (Å²) in [5, 5.41) is 28.2. The minimum absolute atomic E-state index is 0.293. The zero-order chi connectivity index (χ0) is 12.4. The standard InChI is InChI=1S/C12H14O5/c13-8-11(14)9-16-12(15,17-11)7-6-10-4-2-1-3-5-10/h1-7,13-15H,8-9H2. The highest BCUT2D eigenvalue weighted by atomic mass is 16.9. The third-order valence-corrected chi connectivity index (χ3v) is 2.37. The van der Waals surface area contributed by atoms with E-state index >= 15 is 0 Å². The van der Waals surface area contributed by atoms with Crippen LogP contribution in [0.15, 0.2) is 36.4 Å². The highest BCUT2D eigenvalue weighted by Crippen LogP contribution is 2.28. The normalized spacial score (nSPS) is 33.4. The van der Waals surface area contributed by atoms with Crippen molar-refractivity contribution < 1.29 is 24.8 Å². The largest absolute Gasteiger partial charge is 0.391 e. The zero-order valence-electron chi connectivity index (χ0n) is 9.11. The Morgan fingerprint density at radius 3 is 2.53 bits per heavy atom. The summed E-state index contributed by atoms with van der Waals surface area (Å²) in [6.45, 7) is -0.937. The Morgan fingerprint density at radius 1 is 1.24 bits per heavy atom. The van der Waals surface area contributed by atoms with Crippen molar-refractivity contribution in [1.29, 1.82) is 0 Å². The Balaban J connectivity index is 2.07. The van der Waals surface area contributed by atoms with E-state index < -0.39 is 18.4 Å². The number of aliphatic hydroxyl groups is 3. The maximum Gasteiger partial charge on any atom is 0.305 e. The van der Waals surface area contributed by atoms with E-state index in [0.29, 0.717) is 0 Å². The summed E-state index contributed by atoms with van der Waals surface area (Å²) in [5.41, 5.74) is 0.854. The van der Waals surface area contributed by atoms with Gasteiger partial charge in [-0.05, 0) is 5.56 Å². The van der Waals surface area contributed by atoms with Crippen LogP contribution in [0.5, 0.6) is 0 Å². The van der Waals surface area contributed by atoms with Gasteiger partial charge in [-0.15, -0.1) is 0 Å². The molecule has 0 aliphatic carbocycles. The third-order valence-electron chi connectivity index (χ3n) is 2.37. The average Bonchev–Trinajstić information content (AvgIpc) is 2.66. The molecule has 1 aromatic rings. The van der Waals surface area contributed by atoms with Crippen LogP contribution in [-0.4, -0.2) is 40.3 Å². The molecule has 1 aromatic carbocycles. The molecule has 1 aliphatic heterocycles. The fourth-order valence-electron chi connectivity index (χ4n) is 1.47. The fraction of sp³-hybridized carbons (Fsp3) is 0.333. The Kier molecular flexibility index (Phi) is 3.28. The number of aliphatic hydroxyl groups excluding tert-OH is 1. The van der Waals surface area contributed by atoms with Crippen molar-refractivity contribution in [3.05, 3.63) is 42.0 Å². The first-order chi connectivity index (χ1) is 8.05. The Labute approximate surface area is 98.5 Å². The van der Waals surface area contributed by atoms with E-state index in [1.54, 1.807) is 6.08 Å². The van der Waals surface area contributed by atoms with Gasteiger partial charge in [0.1, 0.15) is 6.61 Å². The lowest BCUT2D eigenvalue weighted by Crippen LogP contribution is -2.38.